The number of ether oxygens (including phenoxy) is 1. The zero-order valence-electron chi connectivity index (χ0n) is 15.6. The monoisotopic (exact) mass is 352 g/mol. The van der Waals surface area contributed by atoms with Gasteiger partial charge in [0.2, 0.25) is 0 Å². The lowest BCUT2D eigenvalue weighted by molar-refractivity contribution is -0.694. The quantitative estimate of drug-likeness (QED) is 0.711. The molecule has 5 nitrogen and oxygen atoms in total. The number of nitrogens with zero attached hydrogens (tertiary/aromatic N) is 2. The van der Waals surface area contributed by atoms with Crippen LogP contribution in [0.25, 0.3) is 16.6 Å². The highest BCUT2D eigenvalue weighted by molar-refractivity contribution is 5.77. The van der Waals surface area contributed by atoms with Gasteiger partial charge in [-0.15, -0.1) is 0 Å². The largest absolute Gasteiger partial charge is 0.494 e. The Kier molecular flexibility index (Phi) is 5.68. The molecule has 0 saturated carbocycles. The van der Waals surface area contributed by atoms with Gasteiger partial charge in [-0.3, -0.25) is 9.36 Å². The SMILES string of the molecule is CC[NH2+][C@@H](CC)c1nc2ccccc2c(=O)n1-c1ccc(OCC)cc1. The van der Waals surface area contributed by atoms with Gasteiger partial charge in [-0.25, -0.2) is 4.98 Å². The van der Waals surface area contributed by atoms with Crippen LogP contribution >= 0.6 is 0 Å². The fraction of sp³-hybridized carbons (Fsp3) is 0.333. The van der Waals surface area contributed by atoms with Crippen LogP contribution in [0.3, 0.4) is 0 Å². The van der Waals surface area contributed by atoms with E-state index in [4.69, 9.17) is 9.72 Å². The van der Waals surface area contributed by atoms with Crippen molar-refractivity contribution >= 4 is 10.9 Å². The first-order valence-corrected chi connectivity index (χ1v) is 9.27. The highest BCUT2D eigenvalue weighted by Gasteiger charge is 2.21. The minimum atomic E-state index is -0.0299. The first-order chi connectivity index (χ1) is 12.7. The molecule has 5 heteroatoms. The number of nitrogens with two attached hydrogens (primary N) is 1. The maximum absolute atomic E-state index is 13.3. The first-order valence-electron chi connectivity index (χ1n) is 9.27. The summed E-state index contributed by atoms with van der Waals surface area (Å²) in [5.41, 5.74) is 1.53. The Morgan fingerprint density at radius 1 is 1.08 bits per heavy atom. The highest BCUT2D eigenvalue weighted by atomic mass is 16.5. The molecule has 0 spiro atoms. The molecule has 0 aliphatic heterocycles. The molecule has 0 aliphatic rings. The van der Waals surface area contributed by atoms with Gasteiger partial charge in [-0.05, 0) is 50.2 Å². The van der Waals surface area contributed by atoms with Crippen molar-refractivity contribution in [3.63, 3.8) is 0 Å². The molecule has 0 fully saturated rings. The van der Waals surface area contributed by atoms with Crippen molar-refractivity contribution in [2.75, 3.05) is 13.2 Å². The Morgan fingerprint density at radius 3 is 2.46 bits per heavy atom. The number of para-hydroxylation sites is 1. The van der Waals surface area contributed by atoms with E-state index in [1.165, 1.54) is 0 Å². The third kappa shape index (κ3) is 3.48. The molecule has 1 atom stereocenters. The summed E-state index contributed by atoms with van der Waals surface area (Å²) < 4.78 is 7.27. The van der Waals surface area contributed by atoms with E-state index in [2.05, 4.69) is 19.2 Å². The van der Waals surface area contributed by atoms with E-state index in [0.29, 0.717) is 12.0 Å². The molecule has 0 saturated heterocycles. The molecule has 0 bridgehead atoms. The van der Waals surface area contributed by atoms with Gasteiger partial charge in [0, 0.05) is 6.42 Å². The van der Waals surface area contributed by atoms with Crippen molar-refractivity contribution in [2.24, 2.45) is 0 Å². The van der Waals surface area contributed by atoms with Crippen LogP contribution in [-0.2, 0) is 0 Å². The van der Waals surface area contributed by atoms with Crippen LogP contribution in [0.1, 0.15) is 39.1 Å². The van der Waals surface area contributed by atoms with Gasteiger partial charge < -0.3 is 10.1 Å². The molecule has 1 aromatic heterocycles. The fourth-order valence-corrected chi connectivity index (χ4v) is 3.25. The first kappa shape index (κ1) is 18.1. The van der Waals surface area contributed by atoms with Crippen molar-refractivity contribution in [3.05, 3.63) is 64.7 Å². The number of quaternary nitrogens is 1. The number of fused-ring (bicyclic) bond motifs is 1. The fourth-order valence-electron chi connectivity index (χ4n) is 3.25. The molecule has 136 valence electrons. The molecule has 0 unspecified atom stereocenters. The second kappa shape index (κ2) is 8.15. The summed E-state index contributed by atoms with van der Waals surface area (Å²) >= 11 is 0. The molecule has 3 rings (SSSR count). The molecular weight excluding hydrogens is 326 g/mol. The Bertz CT molecular complexity index is 932. The van der Waals surface area contributed by atoms with E-state index in [0.717, 1.165) is 35.7 Å². The van der Waals surface area contributed by atoms with Gasteiger partial charge in [0.25, 0.3) is 5.56 Å². The van der Waals surface area contributed by atoms with E-state index in [1.54, 1.807) is 4.57 Å². The van der Waals surface area contributed by atoms with Crippen LogP contribution in [-0.4, -0.2) is 22.7 Å². The normalized spacial score (nSPS) is 12.3. The van der Waals surface area contributed by atoms with Crippen molar-refractivity contribution in [2.45, 2.75) is 33.2 Å². The summed E-state index contributed by atoms with van der Waals surface area (Å²) in [7, 11) is 0. The maximum atomic E-state index is 13.3. The lowest BCUT2D eigenvalue weighted by Crippen LogP contribution is -2.85. The van der Waals surface area contributed by atoms with Crippen molar-refractivity contribution in [3.8, 4) is 11.4 Å². The predicted octanol–water partition coefficient (Wildman–Crippen LogP) is 2.82. The molecule has 26 heavy (non-hydrogen) atoms. The topological polar surface area (TPSA) is 60.7 Å². The summed E-state index contributed by atoms with van der Waals surface area (Å²) in [6, 6.07) is 15.3. The standard InChI is InChI=1S/C21H25N3O2/c1-4-18(22-5-2)20-23-19-10-8-7-9-17(19)21(25)24(20)15-11-13-16(14-12-15)26-6-3/h7-14,18,22H,4-6H2,1-3H3/p+1/t18-/m0/s1. The molecule has 2 N–H and O–H groups in total. The van der Waals surface area contributed by atoms with Crippen molar-refractivity contribution in [1.29, 1.82) is 0 Å². The summed E-state index contributed by atoms with van der Waals surface area (Å²) in [4.78, 5) is 18.1. The molecule has 0 radical (unpaired) electrons. The molecule has 1 heterocycles. The Labute approximate surface area is 153 Å². The van der Waals surface area contributed by atoms with E-state index in [-0.39, 0.29) is 11.6 Å². The average molecular weight is 352 g/mol. The van der Waals surface area contributed by atoms with E-state index < -0.39 is 0 Å². The van der Waals surface area contributed by atoms with Gasteiger partial charge in [0.1, 0.15) is 11.8 Å². The van der Waals surface area contributed by atoms with E-state index >= 15 is 0 Å². The van der Waals surface area contributed by atoms with Crippen LogP contribution in [0.2, 0.25) is 0 Å². The number of aromatic nitrogens is 2. The van der Waals surface area contributed by atoms with Crippen LogP contribution in [0.5, 0.6) is 5.75 Å². The lowest BCUT2D eigenvalue weighted by atomic mass is 10.1. The van der Waals surface area contributed by atoms with Gasteiger partial charge in [0.05, 0.1) is 29.7 Å². The zero-order chi connectivity index (χ0) is 18.5. The average Bonchev–Trinajstić information content (AvgIpc) is 2.67. The summed E-state index contributed by atoms with van der Waals surface area (Å²) in [6.07, 6.45) is 0.898. The van der Waals surface area contributed by atoms with Crippen LogP contribution in [0.4, 0.5) is 0 Å². The Hall–Kier alpha value is -2.66. The summed E-state index contributed by atoms with van der Waals surface area (Å²) in [5.74, 6) is 1.59. The highest BCUT2D eigenvalue weighted by Crippen LogP contribution is 2.20. The number of hydrogen-bond donors (Lipinski definition) is 1. The van der Waals surface area contributed by atoms with Gasteiger partial charge in [-0.2, -0.15) is 0 Å². The number of hydrogen-bond acceptors (Lipinski definition) is 3. The molecule has 3 aromatic rings. The maximum Gasteiger partial charge on any atom is 0.266 e. The third-order valence-corrected chi connectivity index (χ3v) is 4.50. The van der Waals surface area contributed by atoms with Crippen LogP contribution in [0, 0.1) is 0 Å². The number of benzene rings is 2. The smallest absolute Gasteiger partial charge is 0.266 e. The van der Waals surface area contributed by atoms with Gasteiger partial charge in [-0.1, -0.05) is 19.1 Å². The Morgan fingerprint density at radius 2 is 1.81 bits per heavy atom. The minimum Gasteiger partial charge on any atom is -0.494 e. The minimum absolute atomic E-state index is 0.0299. The van der Waals surface area contributed by atoms with Crippen molar-refractivity contribution in [1.82, 2.24) is 9.55 Å². The summed E-state index contributed by atoms with van der Waals surface area (Å²) in [5, 5.41) is 2.86. The second-order valence-electron chi connectivity index (χ2n) is 6.21. The molecular formula is C21H26N3O2+. The van der Waals surface area contributed by atoms with E-state index in [9.17, 15) is 4.79 Å². The lowest BCUT2D eigenvalue weighted by Gasteiger charge is -2.19. The van der Waals surface area contributed by atoms with Crippen molar-refractivity contribution < 1.29 is 10.1 Å². The zero-order valence-corrected chi connectivity index (χ0v) is 15.6. The van der Waals surface area contributed by atoms with Crippen LogP contribution in [0.15, 0.2) is 53.3 Å². The van der Waals surface area contributed by atoms with E-state index in [1.807, 2.05) is 55.5 Å². The van der Waals surface area contributed by atoms with Crippen LogP contribution < -0.4 is 15.6 Å². The Balaban J connectivity index is 2.23. The molecule has 0 amide bonds. The second-order valence-corrected chi connectivity index (χ2v) is 6.21. The van der Waals surface area contributed by atoms with Gasteiger partial charge in [0.15, 0.2) is 5.82 Å². The molecule has 2 aromatic carbocycles. The van der Waals surface area contributed by atoms with Gasteiger partial charge >= 0.3 is 0 Å². The molecule has 0 aliphatic carbocycles. The number of rotatable bonds is 7. The third-order valence-electron chi connectivity index (χ3n) is 4.50. The predicted molar refractivity (Wildman–Crippen MR) is 104 cm³/mol. The summed E-state index contributed by atoms with van der Waals surface area (Å²) in [6.45, 7) is 7.75.